The highest BCUT2D eigenvalue weighted by atomic mass is 16.5. The lowest BCUT2D eigenvalue weighted by Gasteiger charge is -2.16. The van der Waals surface area contributed by atoms with Gasteiger partial charge in [-0.2, -0.15) is 0 Å². The van der Waals surface area contributed by atoms with E-state index >= 15 is 0 Å². The van der Waals surface area contributed by atoms with E-state index in [4.69, 9.17) is 9.47 Å². The van der Waals surface area contributed by atoms with E-state index in [1.807, 2.05) is 0 Å². The molecule has 0 aromatic carbocycles. The first kappa shape index (κ1) is 11.2. The number of ether oxygens (including phenoxy) is 2. The Morgan fingerprint density at radius 1 is 1.06 bits per heavy atom. The molecule has 0 N–H and O–H groups in total. The zero-order chi connectivity index (χ0) is 11.7. The van der Waals surface area contributed by atoms with E-state index < -0.39 is 0 Å². The fourth-order valence-electron chi connectivity index (χ4n) is 2.94. The number of hydrogen-bond donors (Lipinski definition) is 0. The Hall–Kier alpha value is -1.26. The molecular formula is C11H17NO4. The van der Waals surface area contributed by atoms with Gasteiger partial charge in [0, 0.05) is 13.1 Å². The zero-order valence-corrected chi connectivity index (χ0v) is 9.64. The number of hydrogen-bond acceptors (Lipinski definition) is 4. The second kappa shape index (κ2) is 4.31. The van der Waals surface area contributed by atoms with Crippen molar-refractivity contribution in [3.8, 4) is 0 Å². The Labute approximate surface area is 94.7 Å². The maximum atomic E-state index is 11.4. The summed E-state index contributed by atoms with van der Waals surface area (Å²) in [4.78, 5) is 24.4. The van der Waals surface area contributed by atoms with Crippen LogP contribution in [-0.4, -0.2) is 44.3 Å². The number of fused-ring (bicyclic) bond motifs is 1. The highest BCUT2D eigenvalue weighted by Gasteiger charge is 2.45. The summed E-state index contributed by atoms with van der Waals surface area (Å²) in [5, 5.41) is 0. The predicted molar refractivity (Wildman–Crippen MR) is 55.7 cm³/mol. The molecule has 16 heavy (non-hydrogen) atoms. The number of carbonyl (C=O) groups excluding carboxylic acids is 2. The van der Waals surface area contributed by atoms with E-state index in [0.717, 1.165) is 12.8 Å². The van der Waals surface area contributed by atoms with Crippen molar-refractivity contribution in [3.63, 3.8) is 0 Å². The topological polar surface area (TPSA) is 55.8 Å². The van der Waals surface area contributed by atoms with E-state index in [0.29, 0.717) is 24.9 Å². The van der Waals surface area contributed by atoms with Crippen LogP contribution < -0.4 is 0 Å². The van der Waals surface area contributed by atoms with Crippen LogP contribution in [0.1, 0.15) is 12.8 Å². The minimum absolute atomic E-state index is 0.0276. The van der Waals surface area contributed by atoms with Crippen LogP contribution in [0.15, 0.2) is 0 Å². The summed E-state index contributed by atoms with van der Waals surface area (Å²) < 4.78 is 9.44. The summed E-state index contributed by atoms with van der Waals surface area (Å²) in [6, 6.07) is 0. The Morgan fingerprint density at radius 3 is 2.06 bits per heavy atom. The van der Waals surface area contributed by atoms with Crippen LogP contribution in [0.25, 0.3) is 0 Å². The third kappa shape index (κ3) is 1.86. The van der Waals surface area contributed by atoms with Crippen LogP contribution in [0.4, 0.5) is 4.79 Å². The van der Waals surface area contributed by atoms with Crippen LogP contribution >= 0.6 is 0 Å². The Kier molecular flexibility index (Phi) is 3.03. The van der Waals surface area contributed by atoms with Gasteiger partial charge in [0.05, 0.1) is 20.1 Å². The van der Waals surface area contributed by atoms with E-state index in [9.17, 15) is 9.59 Å². The number of rotatable bonds is 1. The molecular weight excluding hydrogens is 210 g/mol. The SMILES string of the molecule is COC(=O)C1C[C@@H]2CN(C(=O)OC)C[C@@H]2C1. The monoisotopic (exact) mass is 227 g/mol. The zero-order valence-electron chi connectivity index (χ0n) is 9.64. The van der Waals surface area contributed by atoms with Gasteiger partial charge in [-0.05, 0) is 24.7 Å². The van der Waals surface area contributed by atoms with Gasteiger partial charge in [-0.15, -0.1) is 0 Å². The number of nitrogens with zero attached hydrogens (tertiary/aromatic N) is 1. The maximum absolute atomic E-state index is 11.4. The summed E-state index contributed by atoms with van der Waals surface area (Å²) >= 11 is 0. The minimum atomic E-state index is -0.260. The van der Waals surface area contributed by atoms with Gasteiger partial charge in [-0.1, -0.05) is 0 Å². The molecule has 90 valence electrons. The van der Waals surface area contributed by atoms with Crippen LogP contribution in [0.5, 0.6) is 0 Å². The van der Waals surface area contributed by atoms with Crippen LogP contribution in [0.3, 0.4) is 0 Å². The van der Waals surface area contributed by atoms with E-state index in [2.05, 4.69) is 0 Å². The van der Waals surface area contributed by atoms with Gasteiger partial charge in [0.2, 0.25) is 0 Å². The summed E-state index contributed by atoms with van der Waals surface area (Å²) in [7, 11) is 2.82. The largest absolute Gasteiger partial charge is 0.469 e. The molecule has 1 aliphatic heterocycles. The number of methoxy groups -OCH3 is 2. The molecule has 1 unspecified atom stereocenters. The van der Waals surface area contributed by atoms with Crippen molar-refractivity contribution in [2.45, 2.75) is 12.8 Å². The first-order valence-corrected chi connectivity index (χ1v) is 5.56. The normalized spacial score (nSPS) is 32.4. The van der Waals surface area contributed by atoms with Crippen molar-refractivity contribution in [3.05, 3.63) is 0 Å². The standard InChI is InChI=1S/C11H17NO4/c1-15-10(13)7-3-8-5-12(11(14)16-2)6-9(8)4-7/h7-9H,3-6H2,1-2H3/t7?,8-,9+. The fourth-order valence-corrected chi connectivity index (χ4v) is 2.94. The number of esters is 1. The third-order valence-electron chi connectivity index (χ3n) is 3.72. The molecule has 0 bridgehead atoms. The molecule has 2 fully saturated rings. The predicted octanol–water partition coefficient (Wildman–Crippen LogP) is 0.884. The third-order valence-corrected chi connectivity index (χ3v) is 3.72. The van der Waals surface area contributed by atoms with Gasteiger partial charge in [0.1, 0.15) is 0 Å². The molecule has 3 atom stereocenters. The van der Waals surface area contributed by atoms with Crippen molar-refractivity contribution < 1.29 is 19.1 Å². The molecule has 1 amide bonds. The van der Waals surface area contributed by atoms with Crippen molar-refractivity contribution in [2.24, 2.45) is 17.8 Å². The second-order valence-corrected chi connectivity index (χ2v) is 4.59. The molecule has 1 saturated carbocycles. The maximum Gasteiger partial charge on any atom is 0.409 e. The lowest BCUT2D eigenvalue weighted by atomic mass is 10.0. The second-order valence-electron chi connectivity index (χ2n) is 4.59. The smallest absolute Gasteiger partial charge is 0.409 e. The highest BCUT2D eigenvalue weighted by molar-refractivity contribution is 5.73. The van der Waals surface area contributed by atoms with Gasteiger partial charge in [-0.3, -0.25) is 4.79 Å². The van der Waals surface area contributed by atoms with E-state index in [1.54, 1.807) is 4.90 Å². The van der Waals surface area contributed by atoms with Crippen molar-refractivity contribution >= 4 is 12.1 Å². The van der Waals surface area contributed by atoms with E-state index in [-0.39, 0.29) is 18.0 Å². The molecule has 1 aliphatic carbocycles. The van der Waals surface area contributed by atoms with Gasteiger partial charge in [-0.25, -0.2) is 4.79 Å². The summed E-state index contributed by atoms with van der Waals surface area (Å²) in [6.07, 6.45) is 1.42. The van der Waals surface area contributed by atoms with Gasteiger partial charge in [0.15, 0.2) is 0 Å². The lowest BCUT2D eigenvalue weighted by molar-refractivity contribution is -0.145. The average molecular weight is 227 g/mol. The molecule has 2 aliphatic rings. The first-order chi connectivity index (χ1) is 7.65. The van der Waals surface area contributed by atoms with Gasteiger partial charge >= 0.3 is 12.1 Å². The van der Waals surface area contributed by atoms with Gasteiger partial charge < -0.3 is 14.4 Å². The number of carbonyl (C=O) groups is 2. The highest BCUT2D eigenvalue weighted by Crippen LogP contribution is 2.41. The minimum Gasteiger partial charge on any atom is -0.469 e. The molecule has 0 aromatic rings. The summed E-state index contributed by atoms with van der Waals surface area (Å²) in [5.41, 5.74) is 0. The molecule has 1 saturated heterocycles. The summed E-state index contributed by atoms with van der Waals surface area (Å²) in [6.45, 7) is 1.43. The summed E-state index contributed by atoms with van der Waals surface area (Å²) in [5.74, 6) is 0.783. The Balaban J connectivity index is 1.91. The number of likely N-dealkylation sites (tertiary alicyclic amines) is 1. The van der Waals surface area contributed by atoms with E-state index in [1.165, 1.54) is 14.2 Å². The van der Waals surface area contributed by atoms with Gasteiger partial charge in [0.25, 0.3) is 0 Å². The molecule has 5 nitrogen and oxygen atoms in total. The molecule has 0 aromatic heterocycles. The molecule has 2 rings (SSSR count). The quantitative estimate of drug-likeness (QED) is 0.624. The van der Waals surface area contributed by atoms with Crippen molar-refractivity contribution in [1.82, 2.24) is 4.90 Å². The molecule has 0 spiro atoms. The van der Waals surface area contributed by atoms with Crippen LogP contribution in [-0.2, 0) is 14.3 Å². The molecule has 5 heteroatoms. The average Bonchev–Trinajstić information content (AvgIpc) is 2.84. The molecule has 0 radical (unpaired) electrons. The van der Waals surface area contributed by atoms with Crippen LogP contribution in [0, 0.1) is 17.8 Å². The Morgan fingerprint density at radius 2 is 1.62 bits per heavy atom. The lowest BCUT2D eigenvalue weighted by Crippen LogP contribution is -2.30. The Bertz CT molecular complexity index is 262. The number of amides is 1. The van der Waals surface area contributed by atoms with Crippen LogP contribution in [0.2, 0.25) is 0 Å². The van der Waals surface area contributed by atoms with Crippen molar-refractivity contribution in [1.29, 1.82) is 0 Å². The fraction of sp³-hybridized carbons (Fsp3) is 0.818. The van der Waals surface area contributed by atoms with Crippen molar-refractivity contribution in [2.75, 3.05) is 27.3 Å². The molecule has 1 heterocycles. The first-order valence-electron chi connectivity index (χ1n) is 5.56.